The van der Waals surface area contributed by atoms with Crippen molar-refractivity contribution >= 4 is 11.6 Å². The molecule has 1 aliphatic carbocycles. The van der Waals surface area contributed by atoms with Crippen LogP contribution in [0.3, 0.4) is 0 Å². The summed E-state index contributed by atoms with van der Waals surface area (Å²) in [6.07, 6.45) is 1.38. The van der Waals surface area contributed by atoms with Gasteiger partial charge in [-0.05, 0) is 25.3 Å². The van der Waals surface area contributed by atoms with Crippen LogP contribution in [-0.4, -0.2) is 5.54 Å². The van der Waals surface area contributed by atoms with Gasteiger partial charge in [0.15, 0.2) is 0 Å². The number of hydrogen-bond acceptors (Lipinski definition) is 1. The molecular weight excluding hydrogens is 201 g/mol. The standard InChI is InChI=1S/C11H13ClFN/c12-9-5-2-1-4-8(9)10(13)11(14)6-3-7-11/h1-2,4-5,10H,3,6-7,14H2. The Balaban J connectivity index is 2.26. The van der Waals surface area contributed by atoms with E-state index in [0.29, 0.717) is 10.6 Å². The normalized spacial score (nSPS) is 21.4. The second kappa shape index (κ2) is 3.52. The van der Waals surface area contributed by atoms with Gasteiger partial charge >= 0.3 is 0 Å². The highest BCUT2D eigenvalue weighted by atomic mass is 35.5. The first-order valence-corrected chi connectivity index (χ1v) is 5.19. The number of alkyl halides is 1. The summed E-state index contributed by atoms with van der Waals surface area (Å²) in [5.74, 6) is 0. The van der Waals surface area contributed by atoms with Crippen molar-refractivity contribution < 1.29 is 4.39 Å². The fraction of sp³-hybridized carbons (Fsp3) is 0.455. The molecule has 0 aromatic heterocycles. The minimum atomic E-state index is -1.13. The molecule has 1 saturated carbocycles. The maximum Gasteiger partial charge on any atom is 0.144 e. The summed E-state index contributed by atoms with van der Waals surface area (Å²) < 4.78 is 14.0. The van der Waals surface area contributed by atoms with Gasteiger partial charge in [-0.25, -0.2) is 4.39 Å². The molecule has 1 aromatic rings. The molecule has 1 aliphatic rings. The summed E-state index contributed by atoms with van der Waals surface area (Å²) in [6, 6.07) is 6.99. The van der Waals surface area contributed by atoms with E-state index in [1.807, 2.05) is 0 Å². The first-order valence-electron chi connectivity index (χ1n) is 4.81. The number of nitrogens with two attached hydrogens (primary N) is 1. The molecule has 0 heterocycles. The summed E-state index contributed by atoms with van der Waals surface area (Å²) >= 11 is 5.91. The Morgan fingerprint density at radius 1 is 1.36 bits per heavy atom. The smallest absolute Gasteiger partial charge is 0.144 e. The van der Waals surface area contributed by atoms with E-state index in [-0.39, 0.29) is 0 Å². The number of halogens is 2. The van der Waals surface area contributed by atoms with E-state index in [1.54, 1.807) is 24.3 Å². The number of hydrogen-bond donors (Lipinski definition) is 1. The van der Waals surface area contributed by atoms with E-state index in [2.05, 4.69) is 0 Å². The van der Waals surface area contributed by atoms with E-state index < -0.39 is 11.7 Å². The van der Waals surface area contributed by atoms with Gasteiger partial charge in [-0.15, -0.1) is 0 Å². The SMILES string of the molecule is NC1(C(F)c2ccccc2Cl)CCC1. The van der Waals surface area contributed by atoms with Crippen LogP contribution >= 0.6 is 11.6 Å². The molecule has 0 amide bonds. The molecule has 2 N–H and O–H groups in total. The van der Waals surface area contributed by atoms with Crippen LogP contribution < -0.4 is 5.73 Å². The maximum atomic E-state index is 14.0. The molecule has 2 rings (SSSR count). The Hall–Kier alpha value is -0.600. The molecule has 1 atom stereocenters. The van der Waals surface area contributed by atoms with Crippen molar-refractivity contribution in [3.8, 4) is 0 Å². The lowest BCUT2D eigenvalue weighted by molar-refractivity contribution is 0.108. The molecule has 0 radical (unpaired) electrons. The second-order valence-electron chi connectivity index (χ2n) is 3.97. The van der Waals surface area contributed by atoms with E-state index >= 15 is 0 Å². The Labute approximate surface area is 88.1 Å². The predicted molar refractivity (Wildman–Crippen MR) is 56.1 cm³/mol. The fourth-order valence-electron chi connectivity index (χ4n) is 1.83. The molecule has 3 heteroatoms. The topological polar surface area (TPSA) is 26.0 Å². The van der Waals surface area contributed by atoms with Crippen molar-refractivity contribution in [3.63, 3.8) is 0 Å². The van der Waals surface area contributed by atoms with Gasteiger partial charge in [0.05, 0.1) is 5.54 Å². The van der Waals surface area contributed by atoms with E-state index in [9.17, 15) is 4.39 Å². The van der Waals surface area contributed by atoms with Gasteiger partial charge in [-0.3, -0.25) is 0 Å². The van der Waals surface area contributed by atoms with E-state index in [1.165, 1.54) is 0 Å². The Kier molecular flexibility index (Phi) is 2.50. The third kappa shape index (κ3) is 1.53. The molecule has 0 bridgehead atoms. The molecule has 1 aromatic carbocycles. The van der Waals surface area contributed by atoms with Crippen LogP contribution in [0, 0.1) is 0 Å². The van der Waals surface area contributed by atoms with Crippen LogP contribution in [0.4, 0.5) is 4.39 Å². The molecular formula is C11H13ClFN. The number of rotatable bonds is 2. The third-order valence-electron chi connectivity index (χ3n) is 2.97. The highest BCUT2D eigenvalue weighted by Gasteiger charge is 2.42. The molecule has 76 valence electrons. The molecule has 14 heavy (non-hydrogen) atoms. The zero-order valence-corrected chi connectivity index (χ0v) is 8.60. The summed E-state index contributed by atoms with van der Waals surface area (Å²) in [5.41, 5.74) is 5.76. The summed E-state index contributed by atoms with van der Waals surface area (Å²) in [7, 11) is 0. The van der Waals surface area contributed by atoms with Crippen LogP contribution in [0.2, 0.25) is 5.02 Å². The monoisotopic (exact) mass is 213 g/mol. The zero-order valence-electron chi connectivity index (χ0n) is 7.84. The van der Waals surface area contributed by atoms with E-state index in [4.69, 9.17) is 17.3 Å². The van der Waals surface area contributed by atoms with Gasteiger partial charge in [0.2, 0.25) is 0 Å². The molecule has 1 unspecified atom stereocenters. The van der Waals surface area contributed by atoms with Gasteiger partial charge in [0.1, 0.15) is 6.17 Å². The van der Waals surface area contributed by atoms with E-state index in [0.717, 1.165) is 19.3 Å². The third-order valence-corrected chi connectivity index (χ3v) is 3.31. The van der Waals surface area contributed by atoms with Crippen LogP contribution in [0.25, 0.3) is 0 Å². The lowest BCUT2D eigenvalue weighted by atomic mass is 9.72. The second-order valence-corrected chi connectivity index (χ2v) is 4.38. The van der Waals surface area contributed by atoms with Crippen molar-refractivity contribution in [3.05, 3.63) is 34.9 Å². The molecule has 1 nitrogen and oxygen atoms in total. The largest absolute Gasteiger partial charge is 0.322 e. The maximum absolute atomic E-state index is 14.0. The molecule has 0 aliphatic heterocycles. The lowest BCUT2D eigenvalue weighted by Crippen LogP contribution is -2.50. The Morgan fingerprint density at radius 3 is 2.50 bits per heavy atom. The highest BCUT2D eigenvalue weighted by Crippen LogP contribution is 2.43. The van der Waals surface area contributed by atoms with Crippen LogP contribution in [0.1, 0.15) is 31.0 Å². The Morgan fingerprint density at radius 2 is 2.00 bits per heavy atom. The highest BCUT2D eigenvalue weighted by molar-refractivity contribution is 6.31. The summed E-state index contributed by atoms with van der Waals surface area (Å²) in [6.45, 7) is 0. The predicted octanol–water partition coefficient (Wildman–Crippen LogP) is 3.23. The first-order chi connectivity index (χ1) is 6.63. The van der Waals surface area contributed by atoms with Crippen molar-refractivity contribution in [1.82, 2.24) is 0 Å². The van der Waals surface area contributed by atoms with Gasteiger partial charge in [-0.2, -0.15) is 0 Å². The summed E-state index contributed by atoms with van der Waals surface area (Å²) in [4.78, 5) is 0. The van der Waals surface area contributed by atoms with Crippen LogP contribution in [-0.2, 0) is 0 Å². The van der Waals surface area contributed by atoms with Crippen molar-refractivity contribution in [2.45, 2.75) is 31.0 Å². The van der Waals surface area contributed by atoms with Crippen LogP contribution in [0.15, 0.2) is 24.3 Å². The van der Waals surface area contributed by atoms with Crippen molar-refractivity contribution in [2.75, 3.05) is 0 Å². The van der Waals surface area contributed by atoms with Gasteiger partial charge < -0.3 is 5.73 Å². The average molecular weight is 214 g/mol. The van der Waals surface area contributed by atoms with Crippen LogP contribution in [0.5, 0.6) is 0 Å². The van der Waals surface area contributed by atoms with Crippen molar-refractivity contribution in [1.29, 1.82) is 0 Å². The lowest BCUT2D eigenvalue weighted by Gasteiger charge is -2.41. The first kappa shape index (κ1) is 9.94. The fourth-order valence-corrected chi connectivity index (χ4v) is 2.06. The quantitative estimate of drug-likeness (QED) is 0.802. The molecule has 0 spiro atoms. The number of benzene rings is 1. The summed E-state index contributed by atoms with van der Waals surface area (Å²) in [5, 5.41) is 0.469. The van der Waals surface area contributed by atoms with Gasteiger partial charge in [0.25, 0.3) is 0 Å². The zero-order chi connectivity index (χ0) is 10.2. The van der Waals surface area contributed by atoms with Crippen molar-refractivity contribution in [2.24, 2.45) is 5.73 Å². The van der Waals surface area contributed by atoms with Gasteiger partial charge in [0, 0.05) is 10.6 Å². The molecule has 1 fully saturated rings. The minimum Gasteiger partial charge on any atom is -0.322 e. The Bertz CT molecular complexity index is 336. The van der Waals surface area contributed by atoms with Gasteiger partial charge in [-0.1, -0.05) is 29.8 Å². The molecule has 0 saturated heterocycles. The average Bonchev–Trinajstić information content (AvgIpc) is 2.14. The minimum absolute atomic E-state index is 0.469.